The Kier molecular flexibility index (Phi) is 10.4. The van der Waals surface area contributed by atoms with E-state index in [9.17, 15) is 19.4 Å². The zero-order valence-electron chi connectivity index (χ0n) is 16.4. The van der Waals surface area contributed by atoms with Gasteiger partial charge in [0.05, 0.1) is 12.7 Å². The molecule has 0 spiro atoms. The lowest BCUT2D eigenvalue weighted by Crippen LogP contribution is -2.33. The van der Waals surface area contributed by atoms with Crippen molar-refractivity contribution in [3.8, 4) is 11.5 Å². The van der Waals surface area contributed by atoms with Crippen LogP contribution in [-0.2, 0) is 16.0 Å². The first-order valence-corrected chi connectivity index (χ1v) is 9.18. The number of aliphatic hydroxyl groups is 1. The first-order chi connectivity index (χ1) is 13.4. The summed E-state index contributed by atoms with van der Waals surface area (Å²) >= 11 is 0. The zero-order valence-corrected chi connectivity index (χ0v) is 17.2. The topological polar surface area (TPSA) is 88.0 Å². The predicted molar refractivity (Wildman–Crippen MR) is 110 cm³/mol. The van der Waals surface area contributed by atoms with Gasteiger partial charge in [0.15, 0.2) is 6.61 Å². The van der Waals surface area contributed by atoms with Crippen LogP contribution in [0.5, 0.6) is 11.5 Å². The van der Waals surface area contributed by atoms with Gasteiger partial charge in [0.2, 0.25) is 0 Å². The van der Waals surface area contributed by atoms with Gasteiger partial charge in [-0.25, -0.2) is 9.18 Å². The second kappa shape index (κ2) is 12.3. The number of carbonyl (C=O) groups is 1. The van der Waals surface area contributed by atoms with Crippen molar-refractivity contribution >= 4 is 18.4 Å². The minimum absolute atomic E-state index is 0. The molecule has 2 aromatic rings. The van der Waals surface area contributed by atoms with Crippen LogP contribution in [0.3, 0.4) is 0 Å². The van der Waals surface area contributed by atoms with E-state index in [1.54, 1.807) is 31.2 Å². The number of nitrogens with one attached hydrogen (secondary N) is 1. The monoisotopic (exact) mass is 427 g/mol. The SMILES string of the molecule is CCOC(=O)COc1ccc(CCN[C@@H](C)[C@H](O)c2ccc(O)cc2)c(F)c1.Cl. The molecule has 0 radical (unpaired) electrons. The van der Waals surface area contributed by atoms with Gasteiger partial charge in [-0.2, -0.15) is 0 Å². The summed E-state index contributed by atoms with van der Waals surface area (Å²) in [7, 11) is 0. The molecule has 0 saturated heterocycles. The molecule has 29 heavy (non-hydrogen) atoms. The standard InChI is InChI=1S/C21H26FNO5.ClH/c1-3-27-20(25)13-28-18-9-6-15(19(22)12-18)10-11-23-14(2)21(26)16-4-7-17(24)8-5-16;/h4-9,12,14,21,23-24,26H,3,10-11,13H2,1-2H3;1H/t14-,21-;/m0./s1. The maximum absolute atomic E-state index is 14.2. The summed E-state index contributed by atoms with van der Waals surface area (Å²) in [6.45, 7) is 4.00. The molecular weight excluding hydrogens is 401 g/mol. The van der Waals surface area contributed by atoms with Crippen molar-refractivity contribution in [2.24, 2.45) is 0 Å². The average Bonchev–Trinajstić information content (AvgIpc) is 2.68. The van der Waals surface area contributed by atoms with Gasteiger partial charge in [0.1, 0.15) is 17.3 Å². The summed E-state index contributed by atoms with van der Waals surface area (Å²) in [6, 6.07) is 10.6. The summed E-state index contributed by atoms with van der Waals surface area (Å²) < 4.78 is 24.2. The van der Waals surface area contributed by atoms with Gasteiger partial charge in [-0.15, -0.1) is 12.4 Å². The molecule has 0 aliphatic carbocycles. The molecule has 2 atom stereocenters. The molecule has 0 bridgehead atoms. The fourth-order valence-electron chi connectivity index (χ4n) is 2.67. The number of aliphatic hydroxyl groups excluding tert-OH is 1. The van der Waals surface area contributed by atoms with Crippen LogP contribution >= 0.6 is 12.4 Å². The number of phenolic OH excluding ortho intramolecular Hbond substituents is 1. The number of halogens is 2. The molecule has 0 aliphatic rings. The van der Waals surface area contributed by atoms with E-state index >= 15 is 0 Å². The lowest BCUT2D eigenvalue weighted by molar-refractivity contribution is -0.145. The van der Waals surface area contributed by atoms with Gasteiger partial charge in [0.25, 0.3) is 0 Å². The van der Waals surface area contributed by atoms with Crippen LogP contribution in [0.2, 0.25) is 0 Å². The highest BCUT2D eigenvalue weighted by Gasteiger charge is 2.16. The van der Waals surface area contributed by atoms with Crippen LogP contribution in [0, 0.1) is 5.82 Å². The number of ether oxygens (including phenoxy) is 2. The zero-order chi connectivity index (χ0) is 20.5. The summed E-state index contributed by atoms with van der Waals surface area (Å²) in [4.78, 5) is 11.3. The number of carbonyl (C=O) groups excluding carboxylic acids is 1. The number of hydrogen-bond donors (Lipinski definition) is 3. The molecule has 0 amide bonds. The van der Waals surface area contributed by atoms with Gasteiger partial charge in [-0.3, -0.25) is 0 Å². The molecule has 160 valence electrons. The summed E-state index contributed by atoms with van der Waals surface area (Å²) in [5.41, 5.74) is 1.19. The molecule has 2 aromatic carbocycles. The second-order valence-electron chi connectivity index (χ2n) is 6.38. The molecule has 2 rings (SSSR count). The highest BCUT2D eigenvalue weighted by Crippen LogP contribution is 2.20. The number of aromatic hydroxyl groups is 1. The highest BCUT2D eigenvalue weighted by molar-refractivity contribution is 5.85. The van der Waals surface area contributed by atoms with Crippen molar-refractivity contribution in [1.29, 1.82) is 0 Å². The van der Waals surface area contributed by atoms with Crippen LogP contribution in [0.25, 0.3) is 0 Å². The molecule has 0 saturated carbocycles. The number of phenols is 1. The van der Waals surface area contributed by atoms with Crippen molar-refractivity contribution in [1.82, 2.24) is 5.32 Å². The molecule has 8 heteroatoms. The molecule has 6 nitrogen and oxygen atoms in total. The Morgan fingerprint density at radius 2 is 1.90 bits per heavy atom. The third-order valence-corrected chi connectivity index (χ3v) is 4.26. The van der Waals surface area contributed by atoms with E-state index in [1.165, 1.54) is 18.2 Å². The van der Waals surface area contributed by atoms with Crippen LogP contribution in [0.15, 0.2) is 42.5 Å². The molecule has 0 fully saturated rings. The Morgan fingerprint density at radius 1 is 1.21 bits per heavy atom. The minimum Gasteiger partial charge on any atom is -0.508 e. The maximum Gasteiger partial charge on any atom is 0.344 e. The first kappa shape index (κ1) is 24.7. The number of esters is 1. The third-order valence-electron chi connectivity index (χ3n) is 4.26. The number of rotatable bonds is 10. The average molecular weight is 428 g/mol. The van der Waals surface area contributed by atoms with Crippen LogP contribution in [0.4, 0.5) is 4.39 Å². The normalized spacial score (nSPS) is 12.6. The molecule has 0 aliphatic heterocycles. The lowest BCUT2D eigenvalue weighted by Gasteiger charge is -2.21. The van der Waals surface area contributed by atoms with E-state index < -0.39 is 17.9 Å². The highest BCUT2D eigenvalue weighted by atomic mass is 35.5. The maximum atomic E-state index is 14.2. The predicted octanol–water partition coefficient (Wildman–Crippen LogP) is 3.15. The Bertz CT molecular complexity index is 772. The van der Waals surface area contributed by atoms with E-state index in [-0.39, 0.29) is 43.2 Å². The van der Waals surface area contributed by atoms with Crippen molar-refractivity contribution in [3.05, 3.63) is 59.4 Å². The van der Waals surface area contributed by atoms with Crippen LogP contribution in [-0.4, -0.2) is 42.0 Å². The molecule has 3 N–H and O–H groups in total. The van der Waals surface area contributed by atoms with Gasteiger partial charge in [0, 0.05) is 12.1 Å². The van der Waals surface area contributed by atoms with Gasteiger partial charge < -0.3 is 25.0 Å². The van der Waals surface area contributed by atoms with E-state index in [0.29, 0.717) is 24.1 Å². The lowest BCUT2D eigenvalue weighted by atomic mass is 10.0. The van der Waals surface area contributed by atoms with Crippen molar-refractivity contribution < 1.29 is 28.9 Å². The third kappa shape index (κ3) is 7.89. The Hall–Kier alpha value is -2.35. The quantitative estimate of drug-likeness (QED) is 0.505. The fraction of sp³-hybridized carbons (Fsp3) is 0.381. The van der Waals surface area contributed by atoms with Crippen molar-refractivity contribution in [2.75, 3.05) is 19.8 Å². The van der Waals surface area contributed by atoms with E-state index in [4.69, 9.17) is 9.47 Å². The van der Waals surface area contributed by atoms with Gasteiger partial charge in [-0.1, -0.05) is 18.2 Å². The second-order valence-corrected chi connectivity index (χ2v) is 6.38. The van der Waals surface area contributed by atoms with Crippen molar-refractivity contribution in [2.45, 2.75) is 32.4 Å². The van der Waals surface area contributed by atoms with Gasteiger partial charge in [-0.05, 0) is 56.1 Å². The molecule has 0 heterocycles. The van der Waals surface area contributed by atoms with Crippen LogP contribution in [0.1, 0.15) is 31.1 Å². The van der Waals surface area contributed by atoms with E-state index in [0.717, 1.165) is 0 Å². The Labute approximate surface area is 176 Å². The van der Waals surface area contributed by atoms with E-state index in [2.05, 4.69) is 5.32 Å². The minimum atomic E-state index is -0.746. The first-order valence-electron chi connectivity index (χ1n) is 9.18. The fourth-order valence-corrected chi connectivity index (χ4v) is 2.67. The Morgan fingerprint density at radius 3 is 2.52 bits per heavy atom. The summed E-state index contributed by atoms with van der Waals surface area (Å²) in [5, 5.41) is 22.8. The number of benzene rings is 2. The van der Waals surface area contributed by atoms with Crippen LogP contribution < -0.4 is 10.1 Å². The summed E-state index contributed by atoms with van der Waals surface area (Å²) in [5.74, 6) is -0.521. The molecule has 0 aromatic heterocycles. The van der Waals surface area contributed by atoms with Crippen molar-refractivity contribution in [3.63, 3.8) is 0 Å². The van der Waals surface area contributed by atoms with E-state index in [1.807, 2.05) is 6.92 Å². The van der Waals surface area contributed by atoms with Gasteiger partial charge >= 0.3 is 5.97 Å². The largest absolute Gasteiger partial charge is 0.508 e. The molecule has 0 unspecified atom stereocenters. The number of hydrogen-bond acceptors (Lipinski definition) is 6. The molecular formula is C21H27ClFNO5. The summed E-state index contributed by atoms with van der Waals surface area (Å²) in [6.07, 6.45) is -0.319. The Balaban J connectivity index is 0.00000420. The smallest absolute Gasteiger partial charge is 0.344 e.